The second-order valence-corrected chi connectivity index (χ2v) is 5.01. The molecule has 25 heavy (non-hydrogen) atoms. The number of amides is 1. The van der Waals surface area contributed by atoms with Crippen LogP contribution in [0.4, 0.5) is 20.3 Å². The molecule has 3 rings (SSSR count). The summed E-state index contributed by atoms with van der Waals surface area (Å²) in [6.45, 7) is 0.252. The Balaban J connectivity index is 1.64. The fraction of sp³-hybridized carbons (Fsp3) is 0.0588. The summed E-state index contributed by atoms with van der Waals surface area (Å²) in [6, 6.07) is 8.88. The molecule has 0 aliphatic heterocycles. The van der Waals surface area contributed by atoms with Crippen molar-refractivity contribution in [2.24, 2.45) is 0 Å². The molecule has 0 radical (unpaired) electrons. The van der Waals surface area contributed by atoms with Gasteiger partial charge in [0.15, 0.2) is 0 Å². The van der Waals surface area contributed by atoms with Crippen LogP contribution in [0.3, 0.4) is 0 Å². The number of hydrogen-bond donors (Lipinski definition) is 2. The zero-order chi connectivity index (χ0) is 17.6. The highest BCUT2D eigenvalue weighted by Crippen LogP contribution is 2.21. The molecule has 2 aromatic heterocycles. The molecule has 2 N–H and O–H groups in total. The van der Waals surface area contributed by atoms with Crippen LogP contribution in [0.1, 0.15) is 16.2 Å². The lowest BCUT2D eigenvalue weighted by Crippen LogP contribution is -2.24. The van der Waals surface area contributed by atoms with Crippen LogP contribution in [0.2, 0.25) is 0 Å². The summed E-state index contributed by atoms with van der Waals surface area (Å²) in [6.07, 6.45) is 4.07. The van der Waals surface area contributed by atoms with Crippen LogP contribution < -0.4 is 10.6 Å². The lowest BCUT2D eigenvalue weighted by molar-refractivity contribution is 0.0945. The molecule has 0 bridgehead atoms. The van der Waals surface area contributed by atoms with Crippen molar-refractivity contribution in [3.8, 4) is 0 Å². The van der Waals surface area contributed by atoms with Gasteiger partial charge in [-0.1, -0.05) is 12.1 Å². The Morgan fingerprint density at radius 2 is 1.76 bits per heavy atom. The Hall–Kier alpha value is -3.42. The standard InChI is InChI=1S/C17H13F2N5O/c18-12-5-3-6-13(19)16(12)24-15-10-21-14(9-22-15)17(25)23-8-11-4-1-2-7-20-11/h1-7,9-10H,8H2,(H,22,24)(H,23,25). The lowest BCUT2D eigenvalue weighted by Gasteiger charge is -2.08. The normalized spacial score (nSPS) is 10.3. The Morgan fingerprint density at radius 1 is 0.960 bits per heavy atom. The first kappa shape index (κ1) is 16.4. The molecular formula is C17H13F2N5O. The van der Waals surface area contributed by atoms with Gasteiger partial charge >= 0.3 is 0 Å². The second-order valence-electron chi connectivity index (χ2n) is 5.01. The average molecular weight is 341 g/mol. The van der Waals surface area contributed by atoms with Crippen LogP contribution >= 0.6 is 0 Å². The molecule has 0 saturated heterocycles. The molecule has 0 atom stereocenters. The number of carbonyl (C=O) groups is 1. The van der Waals surface area contributed by atoms with Crippen LogP contribution in [-0.4, -0.2) is 20.9 Å². The zero-order valence-corrected chi connectivity index (χ0v) is 12.9. The number of benzene rings is 1. The monoisotopic (exact) mass is 341 g/mol. The number of para-hydroxylation sites is 1. The average Bonchev–Trinajstić information content (AvgIpc) is 2.64. The van der Waals surface area contributed by atoms with Gasteiger partial charge in [-0.3, -0.25) is 9.78 Å². The molecule has 0 aliphatic rings. The molecule has 1 amide bonds. The van der Waals surface area contributed by atoms with E-state index >= 15 is 0 Å². The zero-order valence-electron chi connectivity index (χ0n) is 12.9. The summed E-state index contributed by atoms with van der Waals surface area (Å²) in [5.74, 6) is -1.81. The van der Waals surface area contributed by atoms with E-state index in [-0.39, 0.29) is 23.7 Å². The largest absolute Gasteiger partial charge is 0.345 e. The Labute approximate surface area is 142 Å². The van der Waals surface area contributed by atoms with Gasteiger partial charge in [-0.15, -0.1) is 0 Å². The minimum Gasteiger partial charge on any atom is -0.345 e. The van der Waals surface area contributed by atoms with Crippen LogP contribution in [0.15, 0.2) is 55.0 Å². The maximum atomic E-state index is 13.6. The molecule has 1 aromatic carbocycles. The van der Waals surface area contributed by atoms with Gasteiger partial charge in [-0.2, -0.15) is 0 Å². The Morgan fingerprint density at radius 3 is 2.40 bits per heavy atom. The first-order chi connectivity index (χ1) is 12.1. The van der Waals surface area contributed by atoms with E-state index in [2.05, 4.69) is 25.6 Å². The quantitative estimate of drug-likeness (QED) is 0.746. The van der Waals surface area contributed by atoms with E-state index in [4.69, 9.17) is 0 Å². The number of halogens is 2. The SMILES string of the molecule is O=C(NCc1ccccn1)c1cnc(Nc2c(F)cccc2F)cn1. The molecule has 0 spiro atoms. The summed E-state index contributed by atoms with van der Waals surface area (Å²) in [5, 5.41) is 5.16. The fourth-order valence-electron chi connectivity index (χ4n) is 2.02. The Bertz CT molecular complexity index is 852. The number of nitrogens with zero attached hydrogens (tertiary/aromatic N) is 3. The minimum absolute atomic E-state index is 0.0792. The van der Waals surface area contributed by atoms with Crippen molar-refractivity contribution in [3.63, 3.8) is 0 Å². The molecular weight excluding hydrogens is 328 g/mol. The smallest absolute Gasteiger partial charge is 0.271 e. The highest BCUT2D eigenvalue weighted by molar-refractivity contribution is 5.91. The number of carbonyl (C=O) groups excluding carboxylic acids is 1. The molecule has 0 fully saturated rings. The van der Waals surface area contributed by atoms with E-state index in [1.807, 2.05) is 6.07 Å². The molecule has 6 nitrogen and oxygen atoms in total. The van der Waals surface area contributed by atoms with Crippen molar-refractivity contribution >= 4 is 17.4 Å². The summed E-state index contributed by atoms with van der Waals surface area (Å²) < 4.78 is 27.2. The number of pyridine rings is 1. The predicted molar refractivity (Wildman–Crippen MR) is 87.1 cm³/mol. The van der Waals surface area contributed by atoms with E-state index in [0.29, 0.717) is 5.69 Å². The van der Waals surface area contributed by atoms with Gasteiger partial charge in [-0.25, -0.2) is 18.7 Å². The molecule has 126 valence electrons. The maximum absolute atomic E-state index is 13.6. The van der Waals surface area contributed by atoms with Gasteiger partial charge in [0.25, 0.3) is 5.91 Å². The molecule has 0 unspecified atom stereocenters. The third-order valence-electron chi connectivity index (χ3n) is 3.26. The number of anilines is 2. The van der Waals surface area contributed by atoms with Gasteiger partial charge < -0.3 is 10.6 Å². The Kier molecular flexibility index (Phi) is 4.89. The summed E-state index contributed by atoms with van der Waals surface area (Å²) in [4.78, 5) is 24.0. The highest BCUT2D eigenvalue weighted by Gasteiger charge is 2.11. The van der Waals surface area contributed by atoms with E-state index in [1.54, 1.807) is 18.3 Å². The van der Waals surface area contributed by atoms with Crippen molar-refractivity contribution in [2.75, 3.05) is 5.32 Å². The second kappa shape index (κ2) is 7.43. The van der Waals surface area contributed by atoms with Gasteiger partial charge in [0, 0.05) is 6.20 Å². The van der Waals surface area contributed by atoms with E-state index in [0.717, 1.165) is 12.1 Å². The highest BCUT2D eigenvalue weighted by atomic mass is 19.1. The van der Waals surface area contributed by atoms with Crippen LogP contribution in [0, 0.1) is 11.6 Å². The van der Waals surface area contributed by atoms with Crippen LogP contribution in [-0.2, 0) is 6.54 Å². The van der Waals surface area contributed by atoms with E-state index in [1.165, 1.54) is 18.5 Å². The number of rotatable bonds is 5. The third-order valence-corrected chi connectivity index (χ3v) is 3.26. The molecule has 3 aromatic rings. The lowest BCUT2D eigenvalue weighted by atomic mass is 10.3. The van der Waals surface area contributed by atoms with Crippen molar-refractivity contribution in [1.82, 2.24) is 20.3 Å². The fourth-order valence-corrected chi connectivity index (χ4v) is 2.02. The summed E-state index contributed by atoms with van der Waals surface area (Å²) >= 11 is 0. The molecule has 2 heterocycles. The van der Waals surface area contributed by atoms with Gasteiger partial charge in [0.05, 0.1) is 24.6 Å². The van der Waals surface area contributed by atoms with Crippen molar-refractivity contribution in [1.29, 1.82) is 0 Å². The number of aromatic nitrogens is 3. The van der Waals surface area contributed by atoms with Crippen LogP contribution in [0.5, 0.6) is 0 Å². The minimum atomic E-state index is -0.751. The van der Waals surface area contributed by atoms with Gasteiger partial charge in [-0.05, 0) is 24.3 Å². The summed E-state index contributed by atoms with van der Waals surface area (Å²) in [5.41, 5.74) is 0.455. The van der Waals surface area contributed by atoms with Crippen molar-refractivity contribution in [3.05, 3.63) is 78.0 Å². The van der Waals surface area contributed by atoms with Gasteiger partial charge in [0.1, 0.15) is 28.8 Å². The van der Waals surface area contributed by atoms with E-state index in [9.17, 15) is 13.6 Å². The van der Waals surface area contributed by atoms with Crippen molar-refractivity contribution in [2.45, 2.75) is 6.54 Å². The van der Waals surface area contributed by atoms with Crippen molar-refractivity contribution < 1.29 is 13.6 Å². The van der Waals surface area contributed by atoms with E-state index < -0.39 is 17.5 Å². The third kappa shape index (κ3) is 4.11. The number of nitrogens with one attached hydrogen (secondary N) is 2. The first-order valence-electron chi connectivity index (χ1n) is 7.34. The molecule has 0 saturated carbocycles. The number of hydrogen-bond acceptors (Lipinski definition) is 5. The maximum Gasteiger partial charge on any atom is 0.271 e. The first-order valence-corrected chi connectivity index (χ1v) is 7.34. The molecule has 0 aliphatic carbocycles. The summed E-state index contributed by atoms with van der Waals surface area (Å²) in [7, 11) is 0. The topological polar surface area (TPSA) is 79.8 Å². The molecule has 8 heteroatoms. The predicted octanol–water partition coefficient (Wildman–Crippen LogP) is 2.82. The van der Waals surface area contributed by atoms with Crippen LogP contribution in [0.25, 0.3) is 0 Å². The van der Waals surface area contributed by atoms with Gasteiger partial charge in [0.2, 0.25) is 0 Å².